The molecule has 0 spiro atoms. The highest BCUT2D eigenvalue weighted by atomic mass is 19.4. The lowest BCUT2D eigenvalue weighted by molar-refractivity contribution is -0.147. The van der Waals surface area contributed by atoms with Gasteiger partial charge in [-0.05, 0) is 29.0 Å². The number of benzene rings is 3. The Kier molecular flexibility index (Phi) is 4.86. The highest BCUT2D eigenvalue weighted by molar-refractivity contribution is 6.02. The Morgan fingerprint density at radius 1 is 1.10 bits per heavy atom. The van der Waals surface area contributed by atoms with Gasteiger partial charge < -0.3 is 9.67 Å². The van der Waals surface area contributed by atoms with Gasteiger partial charge in [0.25, 0.3) is 5.91 Å². The molecule has 2 N–H and O–H groups in total. The third kappa shape index (κ3) is 3.69. The summed E-state index contributed by atoms with van der Waals surface area (Å²) in [6.07, 6.45) is -3.45. The second-order valence-electron chi connectivity index (χ2n) is 6.52. The molecule has 0 radical (unpaired) electrons. The van der Waals surface area contributed by atoms with Gasteiger partial charge in [0, 0.05) is 5.56 Å². The van der Waals surface area contributed by atoms with Crippen LogP contribution in [0.2, 0.25) is 0 Å². The van der Waals surface area contributed by atoms with E-state index in [1.807, 2.05) is 12.1 Å². The Morgan fingerprint density at radius 3 is 2.63 bits per heavy atom. The first-order chi connectivity index (χ1) is 14.3. The number of phenolic OH excluding ortho intramolecular Hbond substituents is 1. The maximum absolute atomic E-state index is 13.3. The van der Waals surface area contributed by atoms with Crippen molar-refractivity contribution in [2.75, 3.05) is 0 Å². The monoisotopic (exact) mass is 412 g/mol. The highest BCUT2D eigenvalue weighted by Crippen LogP contribution is 2.31. The van der Waals surface area contributed by atoms with Crippen LogP contribution in [-0.4, -0.2) is 26.8 Å². The summed E-state index contributed by atoms with van der Waals surface area (Å²) < 4.78 is 40.8. The third-order valence-electron chi connectivity index (χ3n) is 4.54. The number of aromatic hydroxyl groups is 1. The lowest BCUT2D eigenvalue weighted by Gasteiger charge is -2.10. The fourth-order valence-corrected chi connectivity index (χ4v) is 3.22. The SMILES string of the molecule is O=C(Cn1c(C(F)(F)F)nc2ccccc21)N/N=C/c1c(O)ccc2ccccc12. The Balaban J connectivity index is 1.58. The first-order valence-corrected chi connectivity index (χ1v) is 8.89. The molecule has 4 aromatic rings. The molecule has 0 atom stereocenters. The zero-order valence-corrected chi connectivity index (χ0v) is 15.4. The molecular weight excluding hydrogens is 397 g/mol. The van der Waals surface area contributed by atoms with Crippen LogP contribution in [0.5, 0.6) is 5.75 Å². The number of rotatable bonds is 4. The van der Waals surface area contributed by atoms with Crippen molar-refractivity contribution in [1.82, 2.24) is 15.0 Å². The number of aromatic nitrogens is 2. The first-order valence-electron chi connectivity index (χ1n) is 8.89. The molecule has 152 valence electrons. The summed E-state index contributed by atoms with van der Waals surface area (Å²) in [6.45, 7) is -0.617. The summed E-state index contributed by atoms with van der Waals surface area (Å²) in [5.41, 5.74) is 2.93. The lowest BCUT2D eigenvalue weighted by atomic mass is 10.0. The summed E-state index contributed by atoms with van der Waals surface area (Å²) in [4.78, 5) is 15.9. The van der Waals surface area contributed by atoms with Gasteiger partial charge in [-0.15, -0.1) is 0 Å². The van der Waals surface area contributed by atoms with E-state index in [1.54, 1.807) is 30.3 Å². The van der Waals surface area contributed by atoms with Gasteiger partial charge in [-0.3, -0.25) is 4.79 Å². The molecule has 0 aliphatic carbocycles. The minimum atomic E-state index is -4.71. The van der Waals surface area contributed by atoms with E-state index in [4.69, 9.17) is 0 Å². The Hall–Kier alpha value is -3.88. The maximum Gasteiger partial charge on any atom is 0.449 e. The van der Waals surface area contributed by atoms with E-state index in [9.17, 15) is 23.1 Å². The van der Waals surface area contributed by atoms with Crippen LogP contribution in [0.15, 0.2) is 65.8 Å². The minimum absolute atomic E-state index is 0.0355. The number of carbonyl (C=O) groups excluding carboxylic acids is 1. The van der Waals surface area contributed by atoms with E-state index in [-0.39, 0.29) is 16.8 Å². The number of hydrogen-bond donors (Lipinski definition) is 2. The summed E-state index contributed by atoms with van der Waals surface area (Å²) in [5.74, 6) is -1.96. The molecular formula is C21H15F3N4O2. The van der Waals surface area contributed by atoms with Crippen LogP contribution in [0.1, 0.15) is 11.4 Å². The van der Waals surface area contributed by atoms with Crippen molar-refractivity contribution in [3.8, 4) is 5.75 Å². The predicted octanol–water partition coefficient (Wildman–Crippen LogP) is 4.06. The molecule has 30 heavy (non-hydrogen) atoms. The molecule has 4 rings (SSSR count). The molecule has 0 saturated heterocycles. The van der Waals surface area contributed by atoms with Crippen LogP contribution in [0, 0.1) is 0 Å². The summed E-state index contributed by atoms with van der Waals surface area (Å²) in [7, 11) is 0. The molecule has 1 aromatic heterocycles. The number of halogens is 3. The predicted molar refractivity (Wildman–Crippen MR) is 106 cm³/mol. The Morgan fingerprint density at radius 2 is 1.83 bits per heavy atom. The van der Waals surface area contributed by atoms with Gasteiger partial charge in [-0.25, -0.2) is 10.4 Å². The van der Waals surface area contributed by atoms with Gasteiger partial charge in [0.2, 0.25) is 5.82 Å². The van der Waals surface area contributed by atoms with Crippen molar-refractivity contribution in [2.45, 2.75) is 12.7 Å². The molecule has 0 aliphatic heterocycles. The Labute approximate surface area is 168 Å². The molecule has 1 heterocycles. The largest absolute Gasteiger partial charge is 0.507 e. The van der Waals surface area contributed by atoms with Crippen LogP contribution in [0.3, 0.4) is 0 Å². The van der Waals surface area contributed by atoms with Crippen molar-refractivity contribution in [3.63, 3.8) is 0 Å². The molecule has 9 heteroatoms. The summed E-state index contributed by atoms with van der Waals surface area (Å²) >= 11 is 0. The lowest BCUT2D eigenvalue weighted by Crippen LogP contribution is -2.26. The number of carbonyl (C=O) groups is 1. The molecule has 0 fully saturated rings. The summed E-state index contributed by atoms with van der Waals surface area (Å²) in [6, 6.07) is 16.6. The number of phenols is 1. The van der Waals surface area contributed by atoms with Crippen LogP contribution in [0.4, 0.5) is 13.2 Å². The molecule has 0 unspecified atom stereocenters. The fourth-order valence-electron chi connectivity index (χ4n) is 3.22. The molecule has 0 saturated carbocycles. The number of para-hydroxylation sites is 2. The minimum Gasteiger partial charge on any atom is -0.507 e. The smallest absolute Gasteiger partial charge is 0.449 e. The quantitative estimate of drug-likeness (QED) is 0.392. The summed E-state index contributed by atoms with van der Waals surface area (Å²) in [5, 5.41) is 15.5. The zero-order valence-electron chi connectivity index (χ0n) is 15.4. The second kappa shape index (κ2) is 7.51. The molecule has 0 bridgehead atoms. The number of nitrogens with one attached hydrogen (secondary N) is 1. The Bertz CT molecular complexity index is 1280. The van der Waals surface area contributed by atoms with Crippen LogP contribution in [-0.2, 0) is 17.5 Å². The van der Waals surface area contributed by atoms with Gasteiger partial charge in [0.1, 0.15) is 12.3 Å². The van der Waals surface area contributed by atoms with Crippen LogP contribution in [0.25, 0.3) is 21.8 Å². The number of imidazole rings is 1. The standard InChI is InChI=1S/C21H15F3N4O2/c22-21(23,24)20-26-16-7-3-4-8-17(16)28(20)12-19(30)27-25-11-15-14-6-2-1-5-13(14)9-10-18(15)29/h1-11,29H,12H2,(H,27,30)/b25-11+. The van der Waals surface area contributed by atoms with Gasteiger partial charge >= 0.3 is 6.18 Å². The van der Waals surface area contributed by atoms with Crippen molar-refractivity contribution in [2.24, 2.45) is 5.10 Å². The maximum atomic E-state index is 13.3. The van der Waals surface area contributed by atoms with Crippen LogP contribution >= 0.6 is 0 Å². The van der Waals surface area contributed by atoms with E-state index in [2.05, 4.69) is 15.5 Å². The average Bonchev–Trinajstić information content (AvgIpc) is 3.09. The number of amides is 1. The van der Waals surface area contributed by atoms with Gasteiger partial charge in [-0.2, -0.15) is 18.3 Å². The number of fused-ring (bicyclic) bond motifs is 2. The third-order valence-corrected chi connectivity index (χ3v) is 4.54. The van der Waals surface area contributed by atoms with E-state index in [0.717, 1.165) is 15.3 Å². The molecule has 3 aromatic carbocycles. The number of nitrogens with zero attached hydrogens (tertiary/aromatic N) is 3. The van der Waals surface area contributed by atoms with E-state index < -0.39 is 24.5 Å². The fraction of sp³-hybridized carbons (Fsp3) is 0.0952. The second-order valence-corrected chi connectivity index (χ2v) is 6.52. The zero-order chi connectivity index (χ0) is 21.3. The van der Waals surface area contributed by atoms with Crippen LogP contribution < -0.4 is 5.43 Å². The van der Waals surface area contributed by atoms with Gasteiger partial charge in [0.15, 0.2) is 0 Å². The average molecular weight is 412 g/mol. The normalized spacial score (nSPS) is 12.1. The van der Waals surface area contributed by atoms with E-state index in [1.165, 1.54) is 24.4 Å². The molecule has 6 nitrogen and oxygen atoms in total. The van der Waals surface area contributed by atoms with Gasteiger partial charge in [-0.1, -0.05) is 42.5 Å². The topological polar surface area (TPSA) is 79.5 Å². The van der Waals surface area contributed by atoms with Crippen molar-refractivity contribution < 1.29 is 23.1 Å². The number of hydrazone groups is 1. The van der Waals surface area contributed by atoms with E-state index >= 15 is 0 Å². The van der Waals surface area contributed by atoms with Crippen molar-refractivity contribution >= 4 is 33.9 Å². The van der Waals surface area contributed by atoms with Gasteiger partial charge in [0.05, 0.1) is 17.2 Å². The van der Waals surface area contributed by atoms with Crippen molar-refractivity contribution in [3.05, 3.63) is 72.1 Å². The number of alkyl halides is 3. The van der Waals surface area contributed by atoms with Crippen molar-refractivity contribution in [1.29, 1.82) is 0 Å². The number of hydrogen-bond acceptors (Lipinski definition) is 4. The van der Waals surface area contributed by atoms with E-state index in [0.29, 0.717) is 5.56 Å². The first kappa shape index (κ1) is 19.4. The highest BCUT2D eigenvalue weighted by Gasteiger charge is 2.37. The molecule has 0 aliphatic rings. The molecule has 1 amide bonds.